The Balaban J connectivity index is 0.000000859. The number of aliphatic carboxylic acids is 1. The van der Waals surface area contributed by atoms with Crippen molar-refractivity contribution in [3.05, 3.63) is 41.6 Å². The number of aldehydes is 1. The lowest BCUT2D eigenvalue weighted by molar-refractivity contribution is -0.138. The monoisotopic (exact) mass is 960 g/mol. The van der Waals surface area contributed by atoms with Crippen molar-refractivity contribution in [2.24, 2.45) is 0 Å². The van der Waals surface area contributed by atoms with Gasteiger partial charge in [0.2, 0.25) is 17.8 Å². The highest BCUT2D eigenvalue weighted by Gasteiger charge is 2.25. The van der Waals surface area contributed by atoms with Gasteiger partial charge in [-0.3, -0.25) is 19.3 Å². The molecule has 2 amide bonds. The zero-order valence-electron chi connectivity index (χ0n) is 41.8. The van der Waals surface area contributed by atoms with E-state index in [2.05, 4.69) is 102 Å². The molecule has 1 aliphatic rings. The van der Waals surface area contributed by atoms with Gasteiger partial charge < -0.3 is 45.8 Å². The van der Waals surface area contributed by atoms with Gasteiger partial charge in [-0.15, -0.1) is 0 Å². The second-order valence-corrected chi connectivity index (χ2v) is 20.0. The number of hydrogen-bond donors (Lipinski definition) is 5. The number of amides is 2. The maximum atomic E-state index is 13.0. The Labute approximate surface area is 404 Å². The molecule has 0 bridgehead atoms. The van der Waals surface area contributed by atoms with Gasteiger partial charge in [-0.25, -0.2) is 4.98 Å². The number of hydrogen-bond acceptors (Lipinski definition) is 13. The average molecular weight is 960 g/mol. The molecule has 1 saturated heterocycles. The van der Waals surface area contributed by atoms with Crippen molar-refractivity contribution in [3.63, 3.8) is 0 Å². The molecule has 6 N–H and O–H groups in total. The Kier molecular flexibility index (Phi) is 32.7. The molecule has 4 rings (SSSR count). The maximum absolute atomic E-state index is 13.0. The lowest BCUT2D eigenvalue weighted by Gasteiger charge is -2.35. The van der Waals surface area contributed by atoms with Crippen LogP contribution in [0.1, 0.15) is 143 Å². The molecule has 2 aromatic heterocycles. The number of carboxylic acid groups (broad SMARTS) is 1. The summed E-state index contributed by atoms with van der Waals surface area (Å²) < 4.78 is 8.11. The third-order valence-corrected chi connectivity index (χ3v) is 13.9. The van der Waals surface area contributed by atoms with Gasteiger partial charge in [0, 0.05) is 93.9 Å². The van der Waals surface area contributed by atoms with Gasteiger partial charge in [-0.2, -0.15) is 4.98 Å². The highest BCUT2D eigenvalue weighted by Crippen LogP contribution is 2.38. The number of carbonyl (C=O) groups is 4. The standard InChI is InChI=1S/C33H52N8O2S2.C7H11NO4.C5H12.C4H10/c1-6-7-8-14-36-31-30-27(37-32(34)38-31)12-16-41(30)24-26-10-9-25(22-28(26)43-5)23-39-17-19-40(20-18-39)29(42)11-13-33(2,3)45-44-21-15-35-4;9-5-1-4-8-6(10)2-3-7(11)12;1-3-5-4-2;1-3-4-2/h9-10,12,16,22,35H,6-8,11,13-15,17-21,23-24H2,1-5H3,(H3,34,36,37,38);5H,1-4H2,(H,8,10)(H,11,12);3-5H2,1-2H3;3-4H2,1-2H3. The highest BCUT2D eigenvalue weighted by atomic mass is 33.1. The topological polar surface area (TPSA) is 197 Å². The lowest BCUT2D eigenvalue weighted by Crippen LogP contribution is -2.48. The highest BCUT2D eigenvalue weighted by molar-refractivity contribution is 8.77. The molecule has 0 saturated carbocycles. The minimum atomic E-state index is -1.000. The fourth-order valence-electron chi connectivity index (χ4n) is 6.46. The Morgan fingerprint density at radius 1 is 0.879 bits per heavy atom. The number of benzene rings is 1. The van der Waals surface area contributed by atoms with Crippen molar-refractivity contribution in [1.29, 1.82) is 0 Å². The third kappa shape index (κ3) is 25.7. The van der Waals surface area contributed by atoms with E-state index < -0.39 is 5.97 Å². The van der Waals surface area contributed by atoms with E-state index in [1.807, 2.05) is 45.8 Å². The van der Waals surface area contributed by atoms with Crippen LogP contribution in [0.2, 0.25) is 0 Å². The van der Waals surface area contributed by atoms with Crippen molar-refractivity contribution in [3.8, 4) is 5.75 Å². The van der Waals surface area contributed by atoms with Crippen LogP contribution >= 0.6 is 21.6 Å². The predicted molar refractivity (Wildman–Crippen MR) is 278 cm³/mol. The summed E-state index contributed by atoms with van der Waals surface area (Å²) in [6, 6.07) is 8.48. The Morgan fingerprint density at radius 2 is 1.58 bits per heavy atom. The first-order chi connectivity index (χ1) is 31.7. The minimum Gasteiger partial charge on any atom is -0.496 e. The Bertz CT molecular complexity index is 1800. The molecule has 66 heavy (non-hydrogen) atoms. The van der Waals surface area contributed by atoms with Crippen LogP contribution in [-0.2, 0) is 32.3 Å². The quantitative estimate of drug-likeness (QED) is 0.0276. The number of piperazine rings is 1. The molecule has 3 aromatic rings. The first-order valence-corrected chi connectivity index (χ1v) is 26.4. The predicted octanol–water partition coefficient (Wildman–Crippen LogP) is 9.04. The van der Waals surface area contributed by atoms with Crippen molar-refractivity contribution in [1.82, 2.24) is 35.0 Å². The minimum absolute atomic E-state index is 0.0335. The van der Waals surface area contributed by atoms with E-state index in [0.29, 0.717) is 19.3 Å². The number of nitrogens with one attached hydrogen (secondary N) is 3. The number of anilines is 2. The summed E-state index contributed by atoms with van der Waals surface area (Å²) in [5.74, 6) is 1.93. The number of nitrogen functional groups attached to an aromatic ring is 1. The second-order valence-electron chi connectivity index (χ2n) is 16.9. The number of aromatic nitrogens is 3. The molecule has 17 heteroatoms. The first kappa shape index (κ1) is 60.0. The zero-order chi connectivity index (χ0) is 49.2. The molecular formula is C49H85N9O6S2. The van der Waals surface area contributed by atoms with E-state index in [-0.39, 0.29) is 48.3 Å². The maximum Gasteiger partial charge on any atom is 0.303 e. The van der Waals surface area contributed by atoms with Crippen molar-refractivity contribution >= 4 is 68.5 Å². The largest absolute Gasteiger partial charge is 0.496 e. The molecule has 0 atom stereocenters. The van der Waals surface area contributed by atoms with Crippen LogP contribution in [0.5, 0.6) is 5.75 Å². The van der Waals surface area contributed by atoms with Crippen LogP contribution < -0.4 is 26.4 Å². The summed E-state index contributed by atoms with van der Waals surface area (Å²) in [7, 11) is 7.48. The lowest BCUT2D eigenvalue weighted by atomic mass is 10.1. The SMILES string of the molecule is CCCC.CCCCC.CCCCCNc1nc(N)nc2ccn(Cc3ccc(CN4CCN(C(=O)CCC(C)(C)SSCCNC)CC4)cc3OC)c12.O=CCCNC(=O)CCC(=O)O. The van der Waals surface area contributed by atoms with E-state index >= 15 is 0 Å². The van der Waals surface area contributed by atoms with Crippen LogP contribution in [-0.4, -0.2) is 124 Å². The van der Waals surface area contributed by atoms with E-state index in [4.69, 9.17) is 15.6 Å². The Hall–Kier alpha value is -4.06. The zero-order valence-corrected chi connectivity index (χ0v) is 43.5. The second kappa shape index (κ2) is 36.0. The molecule has 0 unspecified atom stereocenters. The van der Waals surface area contributed by atoms with Gasteiger partial charge in [0.25, 0.3) is 0 Å². The first-order valence-electron chi connectivity index (χ1n) is 24.1. The third-order valence-electron chi connectivity index (χ3n) is 10.5. The fourth-order valence-corrected chi connectivity index (χ4v) is 9.04. The molecule has 1 fully saturated rings. The van der Waals surface area contributed by atoms with Gasteiger partial charge in [0.05, 0.1) is 25.6 Å². The molecule has 0 radical (unpaired) electrons. The number of nitrogens with zero attached hydrogens (tertiary/aromatic N) is 5. The van der Waals surface area contributed by atoms with E-state index in [0.717, 1.165) is 92.6 Å². The number of rotatable bonds is 27. The van der Waals surface area contributed by atoms with Crippen molar-refractivity contribution in [2.75, 3.05) is 76.8 Å². The Morgan fingerprint density at radius 3 is 2.17 bits per heavy atom. The molecule has 0 spiro atoms. The van der Waals surface area contributed by atoms with Crippen LogP contribution in [0.15, 0.2) is 30.5 Å². The van der Waals surface area contributed by atoms with E-state index in [9.17, 15) is 19.2 Å². The van der Waals surface area contributed by atoms with Gasteiger partial charge >= 0.3 is 5.97 Å². The smallest absolute Gasteiger partial charge is 0.303 e. The molecule has 3 heterocycles. The van der Waals surface area contributed by atoms with E-state index in [1.54, 1.807) is 7.11 Å². The van der Waals surface area contributed by atoms with Gasteiger partial charge in [-0.1, -0.05) is 113 Å². The number of methoxy groups -OCH3 is 1. The van der Waals surface area contributed by atoms with Crippen LogP contribution in [0, 0.1) is 0 Å². The van der Waals surface area contributed by atoms with Crippen molar-refractivity contribution < 1.29 is 29.0 Å². The number of carbonyl (C=O) groups excluding carboxylic acids is 3. The molecule has 1 aliphatic heterocycles. The van der Waals surface area contributed by atoms with Crippen LogP contribution in [0.25, 0.3) is 11.0 Å². The summed E-state index contributed by atoms with van der Waals surface area (Å²) in [5, 5.41) is 17.3. The van der Waals surface area contributed by atoms with Gasteiger partial charge in [0.15, 0.2) is 5.82 Å². The summed E-state index contributed by atoms with van der Waals surface area (Å²) in [4.78, 5) is 57.0. The molecule has 15 nitrogen and oxygen atoms in total. The number of fused-ring (bicyclic) bond motifs is 1. The molecule has 374 valence electrons. The van der Waals surface area contributed by atoms with Gasteiger partial charge in [-0.05, 0) is 51.4 Å². The normalized spacial score (nSPS) is 12.5. The molecule has 0 aliphatic carbocycles. The number of unbranched alkanes of at least 4 members (excludes halogenated alkanes) is 5. The fraction of sp³-hybridized carbons (Fsp3) is 0.673. The summed E-state index contributed by atoms with van der Waals surface area (Å²) in [6.45, 7) is 22.4. The summed E-state index contributed by atoms with van der Waals surface area (Å²) in [5.41, 5.74) is 10.1. The summed E-state index contributed by atoms with van der Waals surface area (Å²) in [6.07, 6.45) is 14.4. The average Bonchev–Trinajstić information content (AvgIpc) is 3.71. The van der Waals surface area contributed by atoms with Crippen LogP contribution in [0.3, 0.4) is 0 Å². The number of nitrogens with two attached hydrogens (primary N) is 1. The van der Waals surface area contributed by atoms with Crippen LogP contribution in [0.4, 0.5) is 11.8 Å². The molecular weight excluding hydrogens is 875 g/mol. The van der Waals surface area contributed by atoms with Crippen molar-refractivity contribution in [2.45, 2.75) is 150 Å². The summed E-state index contributed by atoms with van der Waals surface area (Å²) >= 11 is 0. The van der Waals surface area contributed by atoms with Gasteiger partial charge in [0.1, 0.15) is 17.6 Å². The molecule has 1 aromatic carbocycles. The number of carboxylic acids is 1. The van der Waals surface area contributed by atoms with E-state index in [1.165, 1.54) is 50.5 Å². The number of ether oxygens (including phenoxy) is 1.